The van der Waals surface area contributed by atoms with Crippen molar-refractivity contribution in [3.05, 3.63) is 30.2 Å². The molecule has 0 radical (unpaired) electrons. The highest BCUT2D eigenvalue weighted by atomic mass is 16.3. The first kappa shape index (κ1) is 13.1. The molecular weight excluding hydrogens is 226 g/mol. The molecule has 2 aromatic rings. The molecule has 0 aliphatic carbocycles. The van der Waals surface area contributed by atoms with Crippen LogP contribution in [0.2, 0.25) is 0 Å². The summed E-state index contributed by atoms with van der Waals surface area (Å²) < 4.78 is 5.37. The molecule has 0 aliphatic heterocycles. The Balaban J connectivity index is 2.40. The molecule has 4 heteroatoms. The second kappa shape index (κ2) is 5.50. The van der Waals surface area contributed by atoms with Crippen LogP contribution in [0.3, 0.4) is 0 Å². The van der Waals surface area contributed by atoms with Gasteiger partial charge in [-0.1, -0.05) is 19.4 Å². The van der Waals surface area contributed by atoms with Gasteiger partial charge in [0.25, 0.3) is 0 Å². The lowest BCUT2D eigenvalue weighted by Gasteiger charge is -2.31. The Morgan fingerprint density at radius 2 is 2.17 bits per heavy atom. The highest BCUT2D eigenvalue weighted by Gasteiger charge is 2.23. The summed E-state index contributed by atoms with van der Waals surface area (Å²) in [6.07, 6.45) is 2.55. The predicted octanol–water partition coefficient (Wildman–Crippen LogP) is 2.42. The van der Waals surface area contributed by atoms with E-state index in [2.05, 4.69) is 43.0 Å². The summed E-state index contributed by atoms with van der Waals surface area (Å²) in [5.74, 6) is 0.445. The van der Waals surface area contributed by atoms with E-state index in [0.717, 1.165) is 17.5 Å². The first-order chi connectivity index (χ1) is 8.67. The molecule has 1 aromatic carbocycles. The fraction of sp³-hybridized carbons (Fsp3) is 0.500. The number of nitrogens with two attached hydrogens (primary N) is 1. The van der Waals surface area contributed by atoms with Gasteiger partial charge in [0.2, 0.25) is 0 Å². The average molecular weight is 247 g/mol. The summed E-state index contributed by atoms with van der Waals surface area (Å²) >= 11 is 0. The van der Waals surface area contributed by atoms with E-state index in [4.69, 9.17) is 10.2 Å². The van der Waals surface area contributed by atoms with Crippen LogP contribution in [0.4, 0.5) is 0 Å². The third-order valence-electron chi connectivity index (χ3n) is 3.53. The van der Waals surface area contributed by atoms with Crippen molar-refractivity contribution >= 4 is 11.1 Å². The smallest absolute Gasteiger partial charge is 0.181 e. The van der Waals surface area contributed by atoms with Gasteiger partial charge in [-0.05, 0) is 44.3 Å². The van der Waals surface area contributed by atoms with Crippen molar-refractivity contribution in [2.75, 3.05) is 20.6 Å². The molecule has 18 heavy (non-hydrogen) atoms. The minimum absolute atomic E-state index is 0.314. The molecule has 2 N–H and O–H groups in total. The number of nitrogens with zero attached hydrogens (tertiary/aromatic N) is 2. The molecule has 2 rings (SSSR count). The van der Waals surface area contributed by atoms with Crippen molar-refractivity contribution in [3.8, 4) is 0 Å². The number of hydrogen-bond acceptors (Lipinski definition) is 4. The van der Waals surface area contributed by atoms with Crippen molar-refractivity contribution in [2.45, 2.75) is 19.4 Å². The Labute approximate surface area is 108 Å². The SMILES string of the molecule is CCC(CN)C(c1ccc2ncoc2c1)N(C)C. The summed E-state index contributed by atoms with van der Waals surface area (Å²) in [7, 11) is 4.18. The predicted molar refractivity (Wildman–Crippen MR) is 73.3 cm³/mol. The third kappa shape index (κ3) is 2.40. The van der Waals surface area contributed by atoms with Gasteiger partial charge in [-0.15, -0.1) is 0 Å². The van der Waals surface area contributed by atoms with Crippen LogP contribution in [0.15, 0.2) is 29.0 Å². The Morgan fingerprint density at radius 3 is 2.78 bits per heavy atom. The number of benzene rings is 1. The Kier molecular flexibility index (Phi) is 3.99. The van der Waals surface area contributed by atoms with Crippen LogP contribution in [0, 0.1) is 5.92 Å². The molecule has 0 fully saturated rings. The lowest BCUT2D eigenvalue weighted by molar-refractivity contribution is 0.211. The number of aromatic nitrogens is 1. The van der Waals surface area contributed by atoms with E-state index in [0.29, 0.717) is 18.5 Å². The molecule has 0 saturated carbocycles. The first-order valence-electron chi connectivity index (χ1n) is 6.37. The van der Waals surface area contributed by atoms with Crippen molar-refractivity contribution in [2.24, 2.45) is 11.7 Å². The highest BCUT2D eigenvalue weighted by Crippen LogP contribution is 2.30. The summed E-state index contributed by atoms with van der Waals surface area (Å²) in [6, 6.07) is 6.52. The molecule has 0 spiro atoms. The van der Waals surface area contributed by atoms with Crippen molar-refractivity contribution in [1.82, 2.24) is 9.88 Å². The van der Waals surface area contributed by atoms with E-state index in [-0.39, 0.29) is 0 Å². The number of fused-ring (bicyclic) bond motifs is 1. The highest BCUT2D eigenvalue weighted by molar-refractivity contribution is 5.72. The Bertz CT molecular complexity index is 502. The van der Waals surface area contributed by atoms with Crippen LogP contribution >= 0.6 is 0 Å². The quantitative estimate of drug-likeness (QED) is 0.881. The standard InChI is InChI=1S/C14H21N3O/c1-4-10(8-15)14(17(2)3)11-5-6-12-13(7-11)18-9-16-12/h5-7,9-10,14H,4,8,15H2,1-3H3. The van der Waals surface area contributed by atoms with Crippen LogP contribution in [-0.2, 0) is 0 Å². The van der Waals surface area contributed by atoms with Crippen LogP contribution in [0.1, 0.15) is 24.9 Å². The zero-order chi connectivity index (χ0) is 13.1. The van der Waals surface area contributed by atoms with Crippen LogP contribution in [-0.4, -0.2) is 30.5 Å². The van der Waals surface area contributed by atoms with Gasteiger partial charge in [-0.25, -0.2) is 4.98 Å². The van der Waals surface area contributed by atoms with E-state index in [9.17, 15) is 0 Å². The summed E-state index contributed by atoms with van der Waals surface area (Å²) in [5.41, 5.74) is 8.87. The van der Waals surface area contributed by atoms with Gasteiger partial charge >= 0.3 is 0 Å². The van der Waals surface area contributed by atoms with Gasteiger partial charge in [-0.3, -0.25) is 0 Å². The van der Waals surface area contributed by atoms with Crippen LogP contribution in [0.25, 0.3) is 11.1 Å². The number of rotatable bonds is 5. The average Bonchev–Trinajstić information content (AvgIpc) is 2.82. The first-order valence-corrected chi connectivity index (χ1v) is 6.37. The van der Waals surface area contributed by atoms with Gasteiger partial charge in [0, 0.05) is 6.04 Å². The summed E-state index contributed by atoms with van der Waals surface area (Å²) in [6.45, 7) is 2.87. The van der Waals surface area contributed by atoms with Crippen LogP contribution in [0.5, 0.6) is 0 Å². The Morgan fingerprint density at radius 1 is 1.39 bits per heavy atom. The molecular formula is C14H21N3O. The largest absolute Gasteiger partial charge is 0.443 e. The summed E-state index contributed by atoms with van der Waals surface area (Å²) in [4.78, 5) is 6.37. The minimum atomic E-state index is 0.314. The van der Waals surface area contributed by atoms with E-state index < -0.39 is 0 Å². The molecule has 98 valence electrons. The normalized spacial score (nSPS) is 15.2. The van der Waals surface area contributed by atoms with E-state index in [1.165, 1.54) is 12.0 Å². The van der Waals surface area contributed by atoms with Crippen molar-refractivity contribution < 1.29 is 4.42 Å². The lowest BCUT2D eigenvalue weighted by atomic mass is 9.90. The lowest BCUT2D eigenvalue weighted by Crippen LogP contribution is -2.31. The maximum absolute atomic E-state index is 5.89. The number of hydrogen-bond donors (Lipinski definition) is 1. The van der Waals surface area contributed by atoms with Gasteiger partial charge in [0.05, 0.1) is 0 Å². The molecule has 4 nitrogen and oxygen atoms in total. The zero-order valence-corrected chi connectivity index (χ0v) is 11.3. The van der Waals surface area contributed by atoms with Gasteiger partial charge in [-0.2, -0.15) is 0 Å². The van der Waals surface area contributed by atoms with E-state index >= 15 is 0 Å². The summed E-state index contributed by atoms with van der Waals surface area (Å²) in [5, 5.41) is 0. The van der Waals surface area contributed by atoms with E-state index in [1.54, 1.807) is 0 Å². The van der Waals surface area contributed by atoms with Gasteiger partial charge in [0.1, 0.15) is 5.52 Å². The molecule has 0 amide bonds. The second-order valence-corrected chi connectivity index (χ2v) is 4.89. The van der Waals surface area contributed by atoms with Crippen molar-refractivity contribution in [1.29, 1.82) is 0 Å². The molecule has 2 atom stereocenters. The molecule has 0 bridgehead atoms. The maximum atomic E-state index is 5.89. The number of oxazole rings is 1. The van der Waals surface area contributed by atoms with Gasteiger partial charge < -0.3 is 15.1 Å². The van der Waals surface area contributed by atoms with Crippen LogP contribution < -0.4 is 5.73 Å². The van der Waals surface area contributed by atoms with Crippen molar-refractivity contribution in [3.63, 3.8) is 0 Å². The fourth-order valence-electron chi connectivity index (χ4n) is 2.57. The maximum Gasteiger partial charge on any atom is 0.181 e. The van der Waals surface area contributed by atoms with Gasteiger partial charge in [0.15, 0.2) is 12.0 Å². The monoisotopic (exact) mass is 247 g/mol. The molecule has 1 aromatic heterocycles. The topological polar surface area (TPSA) is 55.3 Å². The minimum Gasteiger partial charge on any atom is -0.443 e. The molecule has 0 aliphatic rings. The fourth-order valence-corrected chi connectivity index (χ4v) is 2.57. The second-order valence-electron chi connectivity index (χ2n) is 4.89. The Hall–Kier alpha value is -1.39. The van der Waals surface area contributed by atoms with E-state index in [1.807, 2.05) is 6.07 Å². The zero-order valence-electron chi connectivity index (χ0n) is 11.3. The molecule has 0 saturated heterocycles. The molecule has 1 heterocycles. The third-order valence-corrected chi connectivity index (χ3v) is 3.53. The molecule has 2 unspecified atom stereocenters.